The monoisotopic (exact) mass is 355 g/mol. The van der Waals surface area contributed by atoms with Gasteiger partial charge in [0.2, 0.25) is 11.9 Å². The second-order valence-electron chi connectivity index (χ2n) is 6.36. The number of hydrogen-bond acceptors (Lipinski definition) is 5. The summed E-state index contributed by atoms with van der Waals surface area (Å²) < 4.78 is 0.858. The van der Waals surface area contributed by atoms with Gasteiger partial charge in [0, 0.05) is 38.6 Å². The Kier molecular flexibility index (Phi) is 4.83. The summed E-state index contributed by atoms with van der Waals surface area (Å²) in [6, 6.07) is -0.465. The third kappa shape index (κ3) is 3.91. The Hall–Kier alpha value is -1.21. The number of carbonyl (C=O) groups is 1. The zero-order chi connectivity index (χ0) is 15.6. The number of carbonyl (C=O) groups excluding carboxylic acids is 1. The number of rotatable bonds is 2. The molecule has 0 aliphatic carbocycles. The Morgan fingerprint density at radius 1 is 1.24 bits per heavy atom. The third-order valence-electron chi connectivity index (χ3n) is 3.68. The highest BCUT2D eigenvalue weighted by molar-refractivity contribution is 9.10. The fourth-order valence-electron chi connectivity index (χ4n) is 2.16. The molecule has 116 valence electrons. The molecule has 1 amide bonds. The Balaban J connectivity index is 1.94. The van der Waals surface area contributed by atoms with Crippen molar-refractivity contribution < 1.29 is 4.79 Å². The van der Waals surface area contributed by atoms with Gasteiger partial charge in [-0.25, -0.2) is 9.97 Å². The molecular weight excluding hydrogens is 334 g/mol. The van der Waals surface area contributed by atoms with Crippen molar-refractivity contribution in [2.45, 2.75) is 26.8 Å². The lowest BCUT2D eigenvalue weighted by molar-refractivity contribution is -0.135. The molecule has 21 heavy (non-hydrogen) atoms. The van der Waals surface area contributed by atoms with Crippen molar-refractivity contribution in [3.63, 3.8) is 0 Å². The van der Waals surface area contributed by atoms with Gasteiger partial charge in [0.15, 0.2) is 0 Å². The SMILES string of the molecule is CC(C)(C)C(N)C(=O)N1CCN(c2ncc(Br)cn2)CC1. The number of anilines is 1. The van der Waals surface area contributed by atoms with E-state index in [1.807, 2.05) is 25.7 Å². The van der Waals surface area contributed by atoms with Crippen LogP contribution in [0.15, 0.2) is 16.9 Å². The van der Waals surface area contributed by atoms with Gasteiger partial charge in [-0.1, -0.05) is 20.8 Å². The van der Waals surface area contributed by atoms with E-state index in [2.05, 4.69) is 30.8 Å². The van der Waals surface area contributed by atoms with Crippen molar-refractivity contribution in [3.8, 4) is 0 Å². The molecule has 1 fully saturated rings. The summed E-state index contributed by atoms with van der Waals surface area (Å²) in [5.41, 5.74) is 5.83. The molecule has 0 saturated carbocycles. The maximum Gasteiger partial charge on any atom is 0.240 e. The standard InChI is InChI=1S/C14H22BrN5O/c1-14(2,3)11(16)12(21)19-4-6-20(7-5-19)13-17-8-10(15)9-18-13/h8-9,11H,4-7,16H2,1-3H3. The van der Waals surface area contributed by atoms with Gasteiger partial charge in [0.25, 0.3) is 0 Å². The molecule has 2 heterocycles. The first-order chi connectivity index (χ1) is 9.79. The first-order valence-corrected chi connectivity index (χ1v) is 7.85. The molecule has 7 heteroatoms. The zero-order valence-electron chi connectivity index (χ0n) is 12.7. The van der Waals surface area contributed by atoms with E-state index in [4.69, 9.17) is 5.73 Å². The maximum absolute atomic E-state index is 12.4. The van der Waals surface area contributed by atoms with Crippen LogP contribution >= 0.6 is 15.9 Å². The number of nitrogens with two attached hydrogens (primary N) is 1. The highest BCUT2D eigenvalue weighted by atomic mass is 79.9. The first kappa shape index (κ1) is 16.2. The van der Waals surface area contributed by atoms with Crippen molar-refractivity contribution in [1.29, 1.82) is 0 Å². The van der Waals surface area contributed by atoms with Crippen LogP contribution in [0, 0.1) is 5.41 Å². The van der Waals surface area contributed by atoms with Crippen LogP contribution in [0.2, 0.25) is 0 Å². The summed E-state index contributed by atoms with van der Waals surface area (Å²) in [6.07, 6.45) is 3.46. The number of halogens is 1. The molecule has 1 aromatic rings. The minimum Gasteiger partial charge on any atom is -0.338 e. The molecule has 1 unspecified atom stereocenters. The quantitative estimate of drug-likeness (QED) is 0.864. The van der Waals surface area contributed by atoms with Crippen molar-refractivity contribution in [1.82, 2.24) is 14.9 Å². The molecular formula is C14H22BrN5O. The minimum absolute atomic E-state index is 0.0267. The molecule has 0 spiro atoms. The number of aromatic nitrogens is 2. The van der Waals surface area contributed by atoms with Crippen LogP contribution in [0.25, 0.3) is 0 Å². The van der Waals surface area contributed by atoms with E-state index >= 15 is 0 Å². The van der Waals surface area contributed by atoms with Gasteiger partial charge < -0.3 is 15.5 Å². The van der Waals surface area contributed by atoms with Crippen LogP contribution in [0.5, 0.6) is 0 Å². The number of hydrogen-bond donors (Lipinski definition) is 1. The molecule has 6 nitrogen and oxygen atoms in total. The molecule has 1 atom stereocenters. The third-order valence-corrected chi connectivity index (χ3v) is 4.09. The van der Waals surface area contributed by atoms with E-state index in [0.29, 0.717) is 19.0 Å². The van der Waals surface area contributed by atoms with Crippen LogP contribution in [0.1, 0.15) is 20.8 Å². The molecule has 1 aliphatic heterocycles. The normalized spacial score (nSPS) is 17.8. The molecule has 0 bridgehead atoms. The highest BCUT2D eigenvalue weighted by Crippen LogP contribution is 2.20. The second-order valence-corrected chi connectivity index (χ2v) is 7.27. The van der Waals surface area contributed by atoms with E-state index in [1.165, 1.54) is 0 Å². The number of piperazine rings is 1. The average molecular weight is 356 g/mol. The number of nitrogens with zero attached hydrogens (tertiary/aromatic N) is 4. The highest BCUT2D eigenvalue weighted by Gasteiger charge is 2.32. The second kappa shape index (κ2) is 6.27. The molecule has 1 aromatic heterocycles. The van der Waals surface area contributed by atoms with Gasteiger partial charge >= 0.3 is 0 Å². The predicted octanol–water partition coefficient (Wildman–Crippen LogP) is 1.26. The summed E-state index contributed by atoms with van der Waals surface area (Å²) >= 11 is 3.32. The zero-order valence-corrected chi connectivity index (χ0v) is 14.3. The van der Waals surface area contributed by atoms with E-state index in [9.17, 15) is 4.79 Å². The fraction of sp³-hybridized carbons (Fsp3) is 0.643. The van der Waals surface area contributed by atoms with E-state index in [0.717, 1.165) is 17.6 Å². The van der Waals surface area contributed by atoms with E-state index in [-0.39, 0.29) is 11.3 Å². The van der Waals surface area contributed by atoms with Gasteiger partial charge in [-0.3, -0.25) is 4.79 Å². The summed E-state index contributed by atoms with van der Waals surface area (Å²) in [6.45, 7) is 8.73. The molecule has 1 saturated heterocycles. The van der Waals surface area contributed by atoms with Crippen molar-refractivity contribution in [2.75, 3.05) is 31.1 Å². The van der Waals surface area contributed by atoms with Gasteiger partial charge in [-0.2, -0.15) is 0 Å². The molecule has 2 N–H and O–H groups in total. The number of amides is 1. The fourth-order valence-corrected chi connectivity index (χ4v) is 2.37. The first-order valence-electron chi connectivity index (χ1n) is 7.06. The Labute approximate surface area is 133 Å². The van der Waals surface area contributed by atoms with Crippen molar-refractivity contribution in [3.05, 3.63) is 16.9 Å². The summed E-state index contributed by atoms with van der Waals surface area (Å²) in [5.74, 6) is 0.726. The lowest BCUT2D eigenvalue weighted by Gasteiger charge is -2.38. The summed E-state index contributed by atoms with van der Waals surface area (Å²) in [5, 5.41) is 0. The van der Waals surface area contributed by atoms with Crippen LogP contribution in [-0.2, 0) is 4.79 Å². The average Bonchev–Trinajstić information content (AvgIpc) is 2.46. The van der Waals surface area contributed by atoms with Gasteiger partial charge in [0.05, 0.1) is 10.5 Å². The van der Waals surface area contributed by atoms with E-state index < -0.39 is 6.04 Å². The Morgan fingerprint density at radius 3 is 2.24 bits per heavy atom. The Morgan fingerprint density at radius 2 is 1.76 bits per heavy atom. The van der Waals surface area contributed by atoms with Crippen LogP contribution in [-0.4, -0.2) is 53.0 Å². The predicted molar refractivity (Wildman–Crippen MR) is 86.0 cm³/mol. The molecule has 1 aliphatic rings. The van der Waals surface area contributed by atoms with Gasteiger partial charge in [-0.15, -0.1) is 0 Å². The van der Waals surface area contributed by atoms with Crippen molar-refractivity contribution >= 4 is 27.8 Å². The summed E-state index contributed by atoms with van der Waals surface area (Å²) in [7, 11) is 0. The lowest BCUT2D eigenvalue weighted by Crippen LogP contribution is -2.56. The van der Waals surface area contributed by atoms with Gasteiger partial charge in [0.1, 0.15) is 0 Å². The maximum atomic E-state index is 12.4. The molecule has 0 radical (unpaired) electrons. The van der Waals surface area contributed by atoms with Gasteiger partial charge in [-0.05, 0) is 21.3 Å². The van der Waals surface area contributed by atoms with Crippen LogP contribution < -0.4 is 10.6 Å². The smallest absolute Gasteiger partial charge is 0.240 e. The van der Waals surface area contributed by atoms with Crippen LogP contribution in [0.3, 0.4) is 0 Å². The van der Waals surface area contributed by atoms with Crippen molar-refractivity contribution in [2.24, 2.45) is 11.1 Å². The largest absolute Gasteiger partial charge is 0.338 e. The molecule has 2 rings (SSSR count). The summed E-state index contributed by atoms with van der Waals surface area (Å²) in [4.78, 5) is 24.9. The minimum atomic E-state index is -0.465. The molecule has 0 aromatic carbocycles. The Bertz CT molecular complexity index is 491. The van der Waals surface area contributed by atoms with Crippen LogP contribution in [0.4, 0.5) is 5.95 Å². The van der Waals surface area contributed by atoms with E-state index in [1.54, 1.807) is 12.4 Å². The lowest BCUT2D eigenvalue weighted by atomic mass is 9.86. The topological polar surface area (TPSA) is 75.4 Å².